The molecular weight excluding hydrogens is 639 g/mol. The molecule has 1 aliphatic carbocycles. The molecule has 8 aromatic carbocycles. The van der Waals surface area contributed by atoms with Gasteiger partial charge in [0, 0.05) is 36.9 Å². The van der Waals surface area contributed by atoms with Crippen molar-refractivity contribution in [3.05, 3.63) is 164 Å². The Morgan fingerprint density at radius 2 is 0.902 bits per heavy atom. The molecule has 0 radical (unpaired) electrons. The smallest absolute Gasteiger partial charge is 0.164 e. The average molecular weight is 666 g/mol. The van der Waals surface area contributed by atoms with E-state index in [1.807, 2.05) is 17.4 Å². The van der Waals surface area contributed by atoms with Crippen molar-refractivity contribution < 1.29 is 0 Å². The van der Waals surface area contributed by atoms with Crippen LogP contribution in [0, 0.1) is 0 Å². The third-order valence-corrected chi connectivity index (χ3v) is 11.4. The molecule has 2 aromatic heterocycles. The van der Waals surface area contributed by atoms with Crippen LogP contribution < -0.4 is 0 Å². The topological polar surface area (TPSA) is 38.7 Å². The summed E-state index contributed by atoms with van der Waals surface area (Å²) < 4.78 is 2.52. The number of thiophene rings is 1. The molecule has 1 aliphatic rings. The van der Waals surface area contributed by atoms with Crippen molar-refractivity contribution >= 4 is 53.1 Å². The van der Waals surface area contributed by atoms with Crippen LogP contribution in [0.3, 0.4) is 0 Å². The molecule has 0 aliphatic heterocycles. The third-order valence-electron chi connectivity index (χ3n) is 10.3. The van der Waals surface area contributed by atoms with Gasteiger partial charge in [0.1, 0.15) is 0 Å². The second-order valence-corrected chi connectivity index (χ2v) is 14.3. The van der Waals surface area contributed by atoms with Gasteiger partial charge in [-0.3, -0.25) is 0 Å². The van der Waals surface area contributed by atoms with Crippen molar-refractivity contribution in [2.24, 2.45) is 0 Å². The van der Waals surface area contributed by atoms with Gasteiger partial charge >= 0.3 is 0 Å². The van der Waals surface area contributed by atoms with E-state index in [2.05, 4.69) is 158 Å². The summed E-state index contributed by atoms with van der Waals surface area (Å²) in [5.74, 6) is 1.98. The molecule has 10 aromatic rings. The second kappa shape index (κ2) is 11.0. The van der Waals surface area contributed by atoms with E-state index >= 15 is 0 Å². The summed E-state index contributed by atoms with van der Waals surface area (Å²) in [5, 5.41) is 7.60. The van der Waals surface area contributed by atoms with Gasteiger partial charge in [0.05, 0.1) is 0 Å². The van der Waals surface area contributed by atoms with Crippen molar-refractivity contribution in [1.29, 1.82) is 0 Å². The monoisotopic (exact) mass is 665 g/mol. The van der Waals surface area contributed by atoms with Gasteiger partial charge in [-0.25, -0.2) is 15.0 Å². The van der Waals surface area contributed by atoms with Crippen LogP contribution in [0.15, 0.2) is 164 Å². The highest BCUT2D eigenvalue weighted by molar-refractivity contribution is 7.26. The highest BCUT2D eigenvalue weighted by atomic mass is 32.1. The third kappa shape index (κ3) is 4.47. The Morgan fingerprint density at radius 1 is 0.314 bits per heavy atom. The SMILES string of the molecule is c1ccc(-c2ccc(-c3nc(-c4ccc5ccccc5c4)nc(-c4ccc5c(c4)sc4cc6c7c(cccc7c45)-c4ccccc4-6)n3)cc2)cc1. The normalized spacial score (nSPS) is 11.9. The molecule has 0 saturated heterocycles. The van der Waals surface area contributed by atoms with Crippen LogP contribution in [-0.4, -0.2) is 15.0 Å². The molecular formula is C47H27N3S. The molecule has 0 unspecified atom stereocenters. The first-order chi connectivity index (χ1) is 25.2. The Bertz CT molecular complexity index is 3020. The Kier molecular flexibility index (Phi) is 6.12. The van der Waals surface area contributed by atoms with E-state index in [0.717, 1.165) is 27.6 Å². The Morgan fingerprint density at radius 3 is 1.71 bits per heavy atom. The van der Waals surface area contributed by atoms with E-state index in [1.165, 1.54) is 64.1 Å². The predicted octanol–water partition coefficient (Wildman–Crippen LogP) is 12.9. The van der Waals surface area contributed by atoms with Gasteiger partial charge in [-0.1, -0.05) is 146 Å². The Balaban J connectivity index is 1.08. The van der Waals surface area contributed by atoms with Gasteiger partial charge in [0.25, 0.3) is 0 Å². The highest BCUT2D eigenvalue weighted by Gasteiger charge is 2.24. The molecule has 0 bridgehead atoms. The van der Waals surface area contributed by atoms with Crippen LogP contribution in [0.25, 0.3) is 109 Å². The maximum absolute atomic E-state index is 5.12. The molecule has 0 fully saturated rings. The average Bonchev–Trinajstić information content (AvgIpc) is 3.74. The molecule has 0 atom stereocenters. The summed E-state index contributed by atoms with van der Waals surface area (Å²) in [4.78, 5) is 15.3. The standard InChI is InChI=1S/C47H27N3S/c1-2-9-28(10-3-1)30-17-20-31(21-18-30)45-48-46(33-22-19-29-11-4-5-12-32(29)25-33)50-47(49-45)34-23-24-38-41(26-34)51-42-27-40-36-14-7-6-13-35(36)37-15-8-16-39(43(37)40)44(38)42/h1-27H. The molecule has 236 valence electrons. The highest BCUT2D eigenvalue weighted by Crippen LogP contribution is 2.51. The van der Waals surface area contributed by atoms with Crippen molar-refractivity contribution in [1.82, 2.24) is 15.0 Å². The lowest BCUT2D eigenvalue weighted by molar-refractivity contribution is 1.08. The summed E-state index contributed by atoms with van der Waals surface area (Å²) in [6.07, 6.45) is 0. The van der Waals surface area contributed by atoms with Crippen LogP contribution in [0.1, 0.15) is 0 Å². The minimum Gasteiger partial charge on any atom is -0.208 e. The van der Waals surface area contributed by atoms with E-state index in [4.69, 9.17) is 15.0 Å². The van der Waals surface area contributed by atoms with Crippen LogP contribution >= 0.6 is 11.3 Å². The number of hydrogen-bond acceptors (Lipinski definition) is 4. The van der Waals surface area contributed by atoms with Gasteiger partial charge in [0.15, 0.2) is 17.5 Å². The molecule has 0 N–H and O–H groups in total. The fraction of sp³-hybridized carbons (Fsp3) is 0. The summed E-state index contributed by atoms with van der Waals surface area (Å²) in [6, 6.07) is 58.4. The Labute approximate surface area is 298 Å². The molecule has 3 nitrogen and oxygen atoms in total. The first kappa shape index (κ1) is 28.4. The van der Waals surface area contributed by atoms with E-state index in [1.54, 1.807) is 0 Å². The number of benzene rings is 8. The number of hydrogen-bond donors (Lipinski definition) is 0. The van der Waals surface area contributed by atoms with Crippen molar-refractivity contribution in [2.45, 2.75) is 0 Å². The van der Waals surface area contributed by atoms with Crippen LogP contribution in [0.5, 0.6) is 0 Å². The minimum atomic E-state index is 0.656. The van der Waals surface area contributed by atoms with Crippen LogP contribution in [0.2, 0.25) is 0 Å². The lowest BCUT2D eigenvalue weighted by Gasteiger charge is -2.10. The fourth-order valence-electron chi connectivity index (χ4n) is 7.81. The van der Waals surface area contributed by atoms with Gasteiger partial charge in [0.2, 0.25) is 0 Å². The maximum atomic E-state index is 5.12. The van der Waals surface area contributed by atoms with Crippen molar-refractivity contribution in [3.63, 3.8) is 0 Å². The van der Waals surface area contributed by atoms with E-state index in [-0.39, 0.29) is 0 Å². The van der Waals surface area contributed by atoms with Crippen molar-refractivity contribution in [3.8, 4) is 67.5 Å². The quantitative estimate of drug-likeness (QED) is 0.188. The number of aromatic nitrogens is 3. The summed E-state index contributed by atoms with van der Waals surface area (Å²) in [5.41, 5.74) is 10.5. The summed E-state index contributed by atoms with van der Waals surface area (Å²) in [6.45, 7) is 0. The number of nitrogens with zero attached hydrogens (tertiary/aromatic N) is 3. The van der Waals surface area contributed by atoms with E-state index in [0.29, 0.717) is 17.5 Å². The zero-order valence-electron chi connectivity index (χ0n) is 27.3. The first-order valence-electron chi connectivity index (χ1n) is 17.2. The molecule has 0 spiro atoms. The molecule has 2 heterocycles. The molecule has 0 saturated carbocycles. The first-order valence-corrected chi connectivity index (χ1v) is 18.0. The predicted molar refractivity (Wildman–Crippen MR) is 214 cm³/mol. The van der Waals surface area contributed by atoms with Crippen molar-refractivity contribution in [2.75, 3.05) is 0 Å². The second-order valence-electron chi connectivity index (χ2n) is 13.2. The summed E-state index contributed by atoms with van der Waals surface area (Å²) >= 11 is 1.84. The van der Waals surface area contributed by atoms with Gasteiger partial charge in [-0.05, 0) is 73.1 Å². The molecule has 0 amide bonds. The minimum absolute atomic E-state index is 0.656. The van der Waals surface area contributed by atoms with Crippen LogP contribution in [0.4, 0.5) is 0 Å². The molecule has 51 heavy (non-hydrogen) atoms. The van der Waals surface area contributed by atoms with Gasteiger partial charge < -0.3 is 0 Å². The zero-order chi connectivity index (χ0) is 33.5. The number of rotatable bonds is 4. The van der Waals surface area contributed by atoms with Gasteiger partial charge in [-0.2, -0.15) is 0 Å². The summed E-state index contributed by atoms with van der Waals surface area (Å²) in [7, 11) is 0. The van der Waals surface area contributed by atoms with E-state index < -0.39 is 0 Å². The Hall–Kier alpha value is -6.49. The lowest BCUT2D eigenvalue weighted by atomic mass is 9.98. The fourth-order valence-corrected chi connectivity index (χ4v) is 9.01. The van der Waals surface area contributed by atoms with E-state index in [9.17, 15) is 0 Å². The maximum Gasteiger partial charge on any atom is 0.164 e. The van der Waals surface area contributed by atoms with Gasteiger partial charge in [-0.15, -0.1) is 11.3 Å². The molecule has 4 heteroatoms. The zero-order valence-corrected chi connectivity index (χ0v) is 28.2. The molecule has 11 rings (SSSR count). The number of fused-ring (bicyclic) bond motifs is 8. The van der Waals surface area contributed by atoms with Crippen LogP contribution in [-0.2, 0) is 0 Å². The largest absolute Gasteiger partial charge is 0.208 e. The lowest BCUT2D eigenvalue weighted by Crippen LogP contribution is -2.00.